The molecule has 0 spiro atoms. The van der Waals surface area contributed by atoms with E-state index in [2.05, 4.69) is 25.7 Å². The van der Waals surface area contributed by atoms with Crippen LogP contribution >= 0.6 is 0 Å². The number of carbonyl (C=O) groups excluding carboxylic acids is 1. The summed E-state index contributed by atoms with van der Waals surface area (Å²) >= 11 is 0. The number of carbonyl (C=O) groups is 1. The van der Waals surface area contributed by atoms with Crippen LogP contribution in [0.15, 0.2) is 12.4 Å². The van der Waals surface area contributed by atoms with Crippen molar-refractivity contribution in [3.63, 3.8) is 0 Å². The topological polar surface area (TPSA) is 84.2 Å². The highest BCUT2D eigenvalue weighted by Crippen LogP contribution is 2.09. The van der Waals surface area contributed by atoms with Gasteiger partial charge in [-0.15, -0.1) is 0 Å². The highest BCUT2D eigenvalue weighted by Gasteiger charge is 2.06. The minimum atomic E-state index is 0.0307. The summed E-state index contributed by atoms with van der Waals surface area (Å²) in [4.78, 5) is 19.8. The number of amides is 1. The molecule has 19 heavy (non-hydrogen) atoms. The normalized spacial score (nSPS) is 10.9. The van der Waals surface area contributed by atoms with Gasteiger partial charge in [-0.25, -0.2) is 4.98 Å². The molecule has 0 bridgehead atoms. The van der Waals surface area contributed by atoms with Gasteiger partial charge < -0.3 is 10.6 Å². The van der Waals surface area contributed by atoms with Crippen LogP contribution in [0, 0.1) is 6.92 Å². The molecule has 0 fully saturated rings. The molecule has 0 radical (unpaired) electrons. The number of aryl methyl sites for hydroxylation is 1. The lowest BCUT2D eigenvalue weighted by Crippen LogP contribution is -2.31. The number of fused-ring (bicyclic) bond motifs is 1. The molecule has 0 unspecified atom stereocenters. The average Bonchev–Trinajstić information content (AvgIpc) is 2.75. The number of hydrogen-bond acceptors (Lipinski definition) is 5. The molecule has 0 saturated heterocycles. The molecule has 2 heterocycles. The Morgan fingerprint density at radius 1 is 1.47 bits per heavy atom. The predicted octanol–water partition coefficient (Wildman–Crippen LogP) is 0.759. The van der Waals surface area contributed by atoms with E-state index >= 15 is 0 Å². The van der Waals surface area contributed by atoms with E-state index in [0.29, 0.717) is 18.7 Å². The molecule has 0 aliphatic rings. The molecule has 0 atom stereocenters. The van der Waals surface area contributed by atoms with E-state index in [0.717, 1.165) is 11.5 Å². The molecule has 102 valence electrons. The lowest BCUT2D eigenvalue weighted by molar-refractivity contribution is -0.121. The van der Waals surface area contributed by atoms with Crippen molar-refractivity contribution >= 4 is 17.5 Å². The lowest BCUT2D eigenvalue weighted by atomic mass is 10.3. The van der Waals surface area contributed by atoms with Crippen molar-refractivity contribution < 1.29 is 4.79 Å². The van der Waals surface area contributed by atoms with E-state index < -0.39 is 0 Å². The van der Waals surface area contributed by atoms with Gasteiger partial charge in [-0.05, 0) is 20.8 Å². The first-order valence-electron chi connectivity index (χ1n) is 6.27. The number of rotatable bonds is 5. The molecule has 7 heteroatoms. The lowest BCUT2D eigenvalue weighted by Gasteiger charge is -2.10. The quantitative estimate of drug-likeness (QED) is 0.831. The molecule has 2 rings (SSSR count). The predicted molar refractivity (Wildman–Crippen MR) is 71.9 cm³/mol. The maximum atomic E-state index is 11.5. The summed E-state index contributed by atoms with van der Waals surface area (Å²) in [6.07, 6.45) is 1.87. The van der Waals surface area contributed by atoms with Crippen molar-refractivity contribution in [2.75, 3.05) is 11.9 Å². The number of aromatic nitrogens is 4. The van der Waals surface area contributed by atoms with Crippen molar-refractivity contribution in [1.29, 1.82) is 0 Å². The van der Waals surface area contributed by atoms with Crippen molar-refractivity contribution in [1.82, 2.24) is 24.9 Å². The Morgan fingerprint density at radius 3 is 3.00 bits per heavy atom. The second-order valence-corrected chi connectivity index (χ2v) is 4.65. The summed E-state index contributed by atoms with van der Waals surface area (Å²) in [6.45, 7) is 6.31. The smallest absolute Gasteiger partial charge is 0.254 e. The van der Waals surface area contributed by atoms with Crippen LogP contribution in [-0.4, -0.2) is 38.1 Å². The summed E-state index contributed by atoms with van der Waals surface area (Å²) in [5, 5.41) is 10.1. The van der Waals surface area contributed by atoms with E-state index in [1.54, 1.807) is 4.52 Å². The van der Waals surface area contributed by atoms with Gasteiger partial charge in [0.2, 0.25) is 5.91 Å². The largest absolute Gasteiger partial charge is 0.369 e. The van der Waals surface area contributed by atoms with E-state index in [1.807, 2.05) is 26.8 Å². The van der Waals surface area contributed by atoms with Gasteiger partial charge in [-0.2, -0.15) is 14.6 Å². The van der Waals surface area contributed by atoms with E-state index in [4.69, 9.17) is 0 Å². The van der Waals surface area contributed by atoms with Gasteiger partial charge in [-0.3, -0.25) is 4.79 Å². The summed E-state index contributed by atoms with van der Waals surface area (Å²) in [7, 11) is 0. The van der Waals surface area contributed by atoms with Crippen LogP contribution in [0.4, 0.5) is 5.82 Å². The second kappa shape index (κ2) is 5.64. The molecule has 0 aliphatic heterocycles. The van der Waals surface area contributed by atoms with E-state index in [-0.39, 0.29) is 11.9 Å². The third-order valence-corrected chi connectivity index (χ3v) is 2.49. The Morgan fingerprint density at radius 2 is 2.26 bits per heavy atom. The van der Waals surface area contributed by atoms with E-state index in [9.17, 15) is 4.79 Å². The molecule has 0 aliphatic carbocycles. The van der Waals surface area contributed by atoms with Crippen molar-refractivity contribution in [2.24, 2.45) is 0 Å². The molecule has 0 saturated carbocycles. The first-order chi connectivity index (χ1) is 9.06. The van der Waals surface area contributed by atoms with Crippen molar-refractivity contribution in [3.8, 4) is 0 Å². The summed E-state index contributed by atoms with van der Waals surface area (Å²) in [5.41, 5.74) is 0.856. The molecule has 1 amide bonds. The van der Waals surface area contributed by atoms with Gasteiger partial charge in [0.15, 0.2) is 0 Å². The highest BCUT2D eigenvalue weighted by atomic mass is 16.1. The van der Waals surface area contributed by atoms with Crippen LogP contribution in [-0.2, 0) is 4.79 Å². The zero-order valence-electron chi connectivity index (χ0n) is 11.3. The van der Waals surface area contributed by atoms with Crippen molar-refractivity contribution in [2.45, 2.75) is 33.2 Å². The Bertz CT molecular complexity index is 577. The molecule has 2 aromatic rings. The summed E-state index contributed by atoms with van der Waals surface area (Å²) in [6, 6.07) is 2.04. The molecular weight excluding hydrogens is 244 g/mol. The first kappa shape index (κ1) is 13.3. The van der Waals surface area contributed by atoms with Crippen LogP contribution in [0.3, 0.4) is 0 Å². The number of hydrogen-bond donors (Lipinski definition) is 2. The van der Waals surface area contributed by atoms with Gasteiger partial charge in [0, 0.05) is 30.8 Å². The SMILES string of the molecule is Cc1cc(NCCC(=O)NC(C)C)n2ncnc2n1. The highest BCUT2D eigenvalue weighted by molar-refractivity contribution is 5.76. The fourth-order valence-corrected chi connectivity index (χ4v) is 1.75. The maximum absolute atomic E-state index is 11.5. The van der Waals surface area contributed by atoms with Crippen LogP contribution < -0.4 is 10.6 Å². The average molecular weight is 262 g/mol. The van der Waals surface area contributed by atoms with Crippen LogP contribution in [0.25, 0.3) is 5.78 Å². The standard InChI is InChI=1S/C12H18N6O/c1-8(2)16-11(19)4-5-13-10-6-9(3)17-12-14-7-15-18(10)12/h6-8,13H,4-5H2,1-3H3,(H,16,19). The van der Waals surface area contributed by atoms with Crippen LogP contribution in [0.1, 0.15) is 26.0 Å². The van der Waals surface area contributed by atoms with Crippen molar-refractivity contribution in [3.05, 3.63) is 18.1 Å². The third kappa shape index (κ3) is 3.40. The molecule has 2 N–H and O–H groups in total. The van der Waals surface area contributed by atoms with Gasteiger partial charge in [0.25, 0.3) is 5.78 Å². The minimum Gasteiger partial charge on any atom is -0.369 e. The molecule has 0 aromatic carbocycles. The second-order valence-electron chi connectivity index (χ2n) is 4.65. The number of nitrogens with one attached hydrogen (secondary N) is 2. The van der Waals surface area contributed by atoms with Gasteiger partial charge >= 0.3 is 0 Å². The minimum absolute atomic E-state index is 0.0307. The monoisotopic (exact) mass is 262 g/mol. The Hall–Kier alpha value is -2.18. The van der Waals surface area contributed by atoms with Crippen LogP contribution in [0.5, 0.6) is 0 Å². The van der Waals surface area contributed by atoms with Gasteiger partial charge in [-0.1, -0.05) is 0 Å². The van der Waals surface area contributed by atoms with Gasteiger partial charge in [0.1, 0.15) is 12.1 Å². The number of nitrogens with zero attached hydrogens (tertiary/aromatic N) is 4. The maximum Gasteiger partial charge on any atom is 0.254 e. The Labute approximate surface area is 111 Å². The van der Waals surface area contributed by atoms with Gasteiger partial charge in [0.05, 0.1) is 0 Å². The number of anilines is 1. The zero-order chi connectivity index (χ0) is 13.8. The zero-order valence-corrected chi connectivity index (χ0v) is 11.3. The fourth-order valence-electron chi connectivity index (χ4n) is 1.75. The Balaban J connectivity index is 1.98. The van der Waals surface area contributed by atoms with E-state index in [1.165, 1.54) is 6.33 Å². The molecular formula is C12H18N6O. The first-order valence-corrected chi connectivity index (χ1v) is 6.27. The fraction of sp³-hybridized carbons (Fsp3) is 0.500. The molecule has 2 aromatic heterocycles. The summed E-state index contributed by atoms with van der Waals surface area (Å²) in [5.74, 6) is 1.37. The Kier molecular flexibility index (Phi) is 3.94. The summed E-state index contributed by atoms with van der Waals surface area (Å²) < 4.78 is 1.62. The van der Waals surface area contributed by atoms with Crippen LogP contribution in [0.2, 0.25) is 0 Å². The molecule has 7 nitrogen and oxygen atoms in total. The third-order valence-electron chi connectivity index (χ3n) is 2.49.